The van der Waals surface area contributed by atoms with E-state index < -0.39 is 26.3 Å². The van der Waals surface area contributed by atoms with E-state index in [1.807, 2.05) is 19.1 Å². The molecule has 3 atom stereocenters. The summed E-state index contributed by atoms with van der Waals surface area (Å²) >= 11 is 0. The van der Waals surface area contributed by atoms with Crippen LogP contribution in [0.1, 0.15) is 124 Å². The van der Waals surface area contributed by atoms with E-state index in [0.29, 0.717) is 5.75 Å². The molecule has 0 aromatic heterocycles. The third-order valence-electron chi connectivity index (χ3n) is 8.63. The average molecular weight is 709 g/mol. The third kappa shape index (κ3) is 13.8. The van der Waals surface area contributed by atoms with Gasteiger partial charge in [0.05, 0.1) is 19.8 Å². The summed E-state index contributed by atoms with van der Waals surface area (Å²) in [6.07, 6.45) is 14.8. The normalized spacial score (nSPS) is 18.8. The number of carbonyl (C=O) groups is 1. The van der Waals surface area contributed by atoms with E-state index in [0.717, 1.165) is 68.2 Å². The van der Waals surface area contributed by atoms with Crippen molar-refractivity contribution in [3.05, 3.63) is 58.2 Å². The van der Waals surface area contributed by atoms with Crippen LogP contribution in [0.3, 0.4) is 0 Å². The number of rotatable bonds is 21. The number of aryl methyl sites for hydroxylation is 2. The minimum absolute atomic E-state index is 0.0177. The second-order valence-corrected chi connectivity index (χ2v) is 18.8. The third-order valence-corrected chi connectivity index (χ3v) is 15.1. The maximum Gasteiger partial charge on any atom is 0.343 e. The number of ether oxygens (including phenoxy) is 2. The molecule has 0 fully saturated rings. The SMILES string of the molecule is CCOP(C)(=O)C(CCC(=O)Oc1cc(C)c2c(c1)CCC(C)(CCC=C(C)CCC=C(C)CCC=C(C)C)O2)P(=O)(OCC)OCC. The lowest BCUT2D eigenvalue weighted by molar-refractivity contribution is -0.134. The zero-order valence-electron chi connectivity index (χ0n) is 31.3. The van der Waals surface area contributed by atoms with Gasteiger partial charge in [-0.25, -0.2) is 0 Å². The molecule has 0 saturated carbocycles. The molecule has 0 radical (unpaired) electrons. The molecule has 1 aliphatic heterocycles. The summed E-state index contributed by atoms with van der Waals surface area (Å²) in [7, 11) is -7.24. The Balaban J connectivity index is 1.99. The standard InChI is InChI=1S/C38H62O8P2/c1-11-42-47(10,40)36(48(41,43-12-2)44-13-3)23-22-35(39)45-34-27-32(8)37-33(28-34)24-26-38(9,46-37)25-16-21-31(7)20-15-19-30(6)18-14-17-29(4)5/h17,19,21,27-28,36H,11-16,18,20,22-26H2,1-10H3. The van der Waals surface area contributed by atoms with Crippen molar-refractivity contribution in [2.75, 3.05) is 26.5 Å². The van der Waals surface area contributed by atoms with Gasteiger partial charge in [0.1, 0.15) is 22.5 Å². The van der Waals surface area contributed by atoms with Crippen molar-refractivity contribution in [2.45, 2.75) is 138 Å². The molecule has 10 heteroatoms. The largest absolute Gasteiger partial charge is 0.487 e. The van der Waals surface area contributed by atoms with Crippen LogP contribution in [-0.2, 0) is 33.9 Å². The van der Waals surface area contributed by atoms with Gasteiger partial charge < -0.3 is 23.0 Å². The summed E-state index contributed by atoms with van der Waals surface area (Å²) in [6.45, 7) is 19.8. The Morgan fingerprint density at radius 1 is 0.896 bits per heavy atom. The molecule has 1 aliphatic rings. The molecule has 2 rings (SSSR count). The molecular weight excluding hydrogens is 646 g/mol. The summed E-state index contributed by atoms with van der Waals surface area (Å²) in [6, 6.07) is 3.68. The number of hydrogen-bond donors (Lipinski definition) is 0. The van der Waals surface area contributed by atoms with Crippen molar-refractivity contribution >= 4 is 20.9 Å². The van der Waals surface area contributed by atoms with E-state index in [2.05, 4.69) is 52.8 Å². The number of benzene rings is 1. The number of carbonyl (C=O) groups excluding carboxylic acids is 1. The number of esters is 1. The predicted molar refractivity (Wildman–Crippen MR) is 198 cm³/mol. The van der Waals surface area contributed by atoms with Crippen LogP contribution in [-0.4, -0.2) is 43.5 Å². The fraction of sp³-hybridized carbons (Fsp3) is 0.658. The van der Waals surface area contributed by atoms with Crippen LogP contribution < -0.4 is 9.47 Å². The summed E-state index contributed by atoms with van der Waals surface area (Å²) in [4.78, 5) is 13.0. The first-order valence-corrected chi connectivity index (χ1v) is 21.4. The Bertz CT molecular complexity index is 1380. The van der Waals surface area contributed by atoms with Gasteiger partial charge in [0.25, 0.3) is 0 Å². The van der Waals surface area contributed by atoms with Crippen molar-refractivity contribution in [2.24, 2.45) is 0 Å². The highest BCUT2D eigenvalue weighted by Crippen LogP contribution is 2.69. The van der Waals surface area contributed by atoms with E-state index in [1.165, 1.54) is 23.4 Å². The second kappa shape index (κ2) is 20.0. The Kier molecular flexibility index (Phi) is 17.6. The van der Waals surface area contributed by atoms with Crippen LogP contribution in [0.2, 0.25) is 0 Å². The molecule has 8 nitrogen and oxygen atoms in total. The van der Waals surface area contributed by atoms with E-state index in [-0.39, 0.29) is 38.3 Å². The van der Waals surface area contributed by atoms with E-state index in [1.54, 1.807) is 20.8 Å². The fourth-order valence-electron chi connectivity index (χ4n) is 6.03. The van der Waals surface area contributed by atoms with Crippen molar-refractivity contribution in [1.29, 1.82) is 0 Å². The first-order valence-electron chi connectivity index (χ1n) is 17.7. The van der Waals surface area contributed by atoms with Gasteiger partial charge in [0, 0.05) is 13.1 Å². The van der Waals surface area contributed by atoms with E-state index in [9.17, 15) is 13.9 Å². The fourth-order valence-corrected chi connectivity index (χ4v) is 11.5. The summed E-state index contributed by atoms with van der Waals surface area (Å²) in [5.74, 6) is 0.770. The molecule has 0 saturated heterocycles. The topological polar surface area (TPSA) is 97.4 Å². The number of allylic oxidation sites excluding steroid dienone is 6. The van der Waals surface area contributed by atoms with Crippen molar-refractivity contribution in [3.63, 3.8) is 0 Å². The molecule has 48 heavy (non-hydrogen) atoms. The quantitative estimate of drug-likeness (QED) is 0.0539. The molecule has 0 bridgehead atoms. The van der Waals surface area contributed by atoms with Gasteiger partial charge in [-0.15, -0.1) is 0 Å². The monoisotopic (exact) mass is 708 g/mol. The predicted octanol–water partition coefficient (Wildman–Crippen LogP) is 11.5. The molecular formula is C38H62O8P2. The molecule has 1 heterocycles. The second-order valence-electron chi connectivity index (χ2n) is 13.5. The molecule has 1 aromatic carbocycles. The highest BCUT2D eigenvalue weighted by atomic mass is 31.2. The van der Waals surface area contributed by atoms with Crippen molar-refractivity contribution in [1.82, 2.24) is 0 Å². The maximum atomic E-state index is 13.6. The van der Waals surface area contributed by atoms with E-state index >= 15 is 0 Å². The highest BCUT2D eigenvalue weighted by Gasteiger charge is 2.46. The van der Waals surface area contributed by atoms with Crippen LogP contribution in [0.4, 0.5) is 0 Å². The number of fused-ring (bicyclic) bond motifs is 1. The van der Waals surface area contributed by atoms with Crippen LogP contribution in [0.15, 0.2) is 47.1 Å². The van der Waals surface area contributed by atoms with Gasteiger partial charge in [-0.3, -0.25) is 13.9 Å². The molecule has 0 N–H and O–H groups in total. The Morgan fingerprint density at radius 3 is 2.06 bits per heavy atom. The first kappa shape index (κ1) is 42.2. The van der Waals surface area contributed by atoms with Gasteiger partial charge in [-0.05, 0) is 143 Å². The molecule has 3 unspecified atom stereocenters. The zero-order chi connectivity index (χ0) is 36.0. The summed E-state index contributed by atoms with van der Waals surface area (Å²) in [5.41, 5.74) is 5.90. The summed E-state index contributed by atoms with van der Waals surface area (Å²) < 4.78 is 55.8. The van der Waals surface area contributed by atoms with Gasteiger partial charge in [0.2, 0.25) is 7.37 Å². The smallest absolute Gasteiger partial charge is 0.343 e. The van der Waals surface area contributed by atoms with Gasteiger partial charge in [0.15, 0.2) is 0 Å². The van der Waals surface area contributed by atoms with Gasteiger partial charge in [-0.1, -0.05) is 34.9 Å². The number of hydrogen-bond acceptors (Lipinski definition) is 8. The first-order chi connectivity index (χ1) is 22.6. The van der Waals surface area contributed by atoms with Crippen molar-refractivity contribution in [3.8, 4) is 11.5 Å². The molecule has 0 spiro atoms. The summed E-state index contributed by atoms with van der Waals surface area (Å²) in [5, 5.41) is -1.07. The lowest BCUT2D eigenvalue weighted by Gasteiger charge is -2.37. The minimum atomic E-state index is -3.80. The van der Waals surface area contributed by atoms with Crippen LogP contribution in [0.25, 0.3) is 0 Å². The van der Waals surface area contributed by atoms with E-state index in [4.69, 9.17) is 23.0 Å². The Morgan fingerprint density at radius 2 is 1.48 bits per heavy atom. The van der Waals surface area contributed by atoms with Gasteiger partial charge >= 0.3 is 13.6 Å². The lowest BCUT2D eigenvalue weighted by Crippen LogP contribution is -2.36. The highest BCUT2D eigenvalue weighted by molar-refractivity contribution is 7.74. The Labute approximate surface area is 291 Å². The zero-order valence-corrected chi connectivity index (χ0v) is 33.1. The lowest BCUT2D eigenvalue weighted by atomic mass is 9.87. The maximum absolute atomic E-state index is 13.6. The van der Waals surface area contributed by atoms with Crippen LogP contribution >= 0.6 is 15.0 Å². The molecule has 1 aromatic rings. The Hall–Kier alpha value is -1.95. The van der Waals surface area contributed by atoms with Crippen molar-refractivity contribution < 1.29 is 37.0 Å². The van der Waals surface area contributed by atoms with Crippen LogP contribution in [0, 0.1) is 6.92 Å². The van der Waals surface area contributed by atoms with Gasteiger partial charge in [-0.2, -0.15) is 0 Å². The average Bonchev–Trinajstić information content (AvgIpc) is 2.97. The minimum Gasteiger partial charge on any atom is -0.487 e. The molecule has 0 aliphatic carbocycles. The van der Waals surface area contributed by atoms with Crippen LogP contribution in [0.5, 0.6) is 11.5 Å². The molecule has 272 valence electrons. The molecule has 0 amide bonds.